The lowest BCUT2D eigenvalue weighted by molar-refractivity contribution is -0.189. The fourth-order valence-corrected chi connectivity index (χ4v) is 3.36. The summed E-state index contributed by atoms with van der Waals surface area (Å²) in [7, 11) is -1.38. The fourth-order valence-electron chi connectivity index (χ4n) is 1.98. The quantitative estimate of drug-likeness (QED) is 0.421. The van der Waals surface area contributed by atoms with E-state index in [0.717, 1.165) is 0 Å². The van der Waals surface area contributed by atoms with Crippen LogP contribution in [0.1, 0.15) is 33.6 Å². The molecule has 0 aliphatic carbocycles. The summed E-state index contributed by atoms with van der Waals surface area (Å²) in [5.41, 5.74) is -1.30. The van der Waals surface area contributed by atoms with Crippen LogP contribution in [0.4, 0.5) is 0 Å². The third kappa shape index (κ3) is 2.35. The number of hydrogen-bond acceptors (Lipinski definition) is 4. The van der Waals surface area contributed by atoms with E-state index in [1.807, 2.05) is 33.9 Å². The van der Waals surface area contributed by atoms with E-state index in [4.69, 9.17) is 9.16 Å². The molecule has 0 aromatic heterocycles. The Kier molecular flexibility index (Phi) is 3.59. The van der Waals surface area contributed by atoms with E-state index >= 15 is 0 Å². The van der Waals surface area contributed by atoms with Gasteiger partial charge in [0, 0.05) is 11.8 Å². The second kappa shape index (κ2) is 4.29. The first kappa shape index (κ1) is 13.4. The predicted molar refractivity (Wildman–Crippen MR) is 62.5 cm³/mol. The molecule has 1 aliphatic rings. The standard InChI is InChI=1S/C11H20O4Si/c1-10(2,3)11(15-16(4)5)7-6-8(12)14-9(11)13/h16H,6-7H2,1-5H3. The van der Waals surface area contributed by atoms with Crippen LogP contribution in [0.15, 0.2) is 0 Å². The van der Waals surface area contributed by atoms with E-state index in [9.17, 15) is 9.59 Å². The molecule has 16 heavy (non-hydrogen) atoms. The van der Waals surface area contributed by atoms with Crippen LogP contribution in [-0.4, -0.2) is 26.6 Å². The minimum absolute atomic E-state index is 0.254. The molecule has 5 heteroatoms. The number of cyclic esters (lactones) is 2. The Morgan fingerprint density at radius 3 is 2.25 bits per heavy atom. The maximum absolute atomic E-state index is 12.0. The highest BCUT2D eigenvalue weighted by Crippen LogP contribution is 2.41. The van der Waals surface area contributed by atoms with Gasteiger partial charge < -0.3 is 9.16 Å². The van der Waals surface area contributed by atoms with Crippen molar-refractivity contribution in [2.24, 2.45) is 5.41 Å². The van der Waals surface area contributed by atoms with Crippen molar-refractivity contribution >= 4 is 21.0 Å². The van der Waals surface area contributed by atoms with E-state index in [1.54, 1.807) is 0 Å². The van der Waals surface area contributed by atoms with Crippen LogP contribution in [0.2, 0.25) is 13.1 Å². The summed E-state index contributed by atoms with van der Waals surface area (Å²) in [5.74, 6) is -0.962. The van der Waals surface area contributed by atoms with Crippen molar-refractivity contribution in [1.82, 2.24) is 0 Å². The number of esters is 2. The molecule has 1 fully saturated rings. The van der Waals surface area contributed by atoms with Gasteiger partial charge >= 0.3 is 11.9 Å². The molecule has 1 rings (SSSR count). The smallest absolute Gasteiger partial charge is 0.345 e. The maximum atomic E-state index is 12.0. The molecule has 1 heterocycles. The van der Waals surface area contributed by atoms with Crippen LogP contribution in [0, 0.1) is 5.41 Å². The normalized spacial score (nSPS) is 27.1. The zero-order valence-electron chi connectivity index (χ0n) is 10.6. The number of hydrogen-bond donors (Lipinski definition) is 0. The molecular formula is C11H20O4Si. The minimum atomic E-state index is -1.38. The van der Waals surface area contributed by atoms with Crippen molar-refractivity contribution in [1.29, 1.82) is 0 Å². The number of ether oxygens (including phenoxy) is 1. The van der Waals surface area contributed by atoms with E-state index in [1.165, 1.54) is 0 Å². The Morgan fingerprint density at radius 1 is 1.31 bits per heavy atom. The third-order valence-corrected chi connectivity index (χ3v) is 3.74. The summed E-state index contributed by atoms with van der Waals surface area (Å²) in [6, 6.07) is 0. The Balaban J connectivity index is 3.05. The van der Waals surface area contributed by atoms with Crippen molar-refractivity contribution in [3.63, 3.8) is 0 Å². The average molecular weight is 244 g/mol. The fraction of sp³-hybridized carbons (Fsp3) is 0.818. The molecule has 0 aromatic rings. The van der Waals surface area contributed by atoms with Crippen molar-refractivity contribution in [2.75, 3.05) is 0 Å². The first-order valence-corrected chi connectivity index (χ1v) is 8.40. The van der Waals surface area contributed by atoms with E-state index in [2.05, 4.69) is 0 Å². The minimum Gasteiger partial charge on any atom is -0.405 e. The molecule has 0 spiro atoms. The molecule has 0 saturated carbocycles. The Morgan fingerprint density at radius 2 is 1.88 bits per heavy atom. The van der Waals surface area contributed by atoms with Gasteiger partial charge in [-0.15, -0.1) is 0 Å². The van der Waals surface area contributed by atoms with Crippen LogP contribution in [0.5, 0.6) is 0 Å². The van der Waals surface area contributed by atoms with Gasteiger partial charge in [-0.2, -0.15) is 0 Å². The second-order valence-electron chi connectivity index (χ2n) is 5.51. The van der Waals surface area contributed by atoms with Gasteiger partial charge in [0.05, 0.1) is 0 Å². The maximum Gasteiger partial charge on any atom is 0.345 e. The molecular weight excluding hydrogens is 224 g/mol. The Labute approximate surface area is 98.0 Å². The molecule has 4 nitrogen and oxygen atoms in total. The van der Waals surface area contributed by atoms with Gasteiger partial charge in [0.15, 0.2) is 14.6 Å². The molecule has 0 aromatic carbocycles. The zero-order valence-corrected chi connectivity index (χ0v) is 11.8. The molecule has 1 unspecified atom stereocenters. The van der Waals surface area contributed by atoms with Crippen LogP contribution < -0.4 is 0 Å². The van der Waals surface area contributed by atoms with Gasteiger partial charge in [0.2, 0.25) is 0 Å². The molecule has 1 saturated heterocycles. The van der Waals surface area contributed by atoms with Crippen molar-refractivity contribution < 1.29 is 18.8 Å². The Bertz CT molecular complexity index is 306. The van der Waals surface area contributed by atoms with Gasteiger partial charge in [-0.1, -0.05) is 20.8 Å². The number of rotatable bonds is 2. The highest BCUT2D eigenvalue weighted by molar-refractivity contribution is 6.48. The summed E-state index contributed by atoms with van der Waals surface area (Å²) in [4.78, 5) is 23.0. The topological polar surface area (TPSA) is 52.6 Å². The van der Waals surface area contributed by atoms with Crippen LogP contribution in [0.3, 0.4) is 0 Å². The van der Waals surface area contributed by atoms with Gasteiger partial charge in [-0.05, 0) is 19.5 Å². The average Bonchev–Trinajstić information content (AvgIpc) is 2.07. The molecule has 0 radical (unpaired) electrons. The lowest BCUT2D eigenvalue weighted by Crippen LogP contribution is -2.57. The van der Waals surface area contributed by atoms with Gasteiger partial charge in [0.1, 0.15) is 0 Å². The third-order valence-electron chi connectivity index (χ3n) is 2.87. The summed E-state index contributed by atoms with van der Waals surface area (Å²) in [5, 5.41) is 0. The molecule has 0 amide bonds. The van der Waals surface area contributed by atoms with Crippen LogP contribution in [-0.2, 0) is 18.8 Å². The zero-order chi connectivity index (χ0) is 12.6. The SMILES string of the molecule is C[SiH](C)OC1(C(C)(C)C)CCC(=O)OC1=O. The highest BCUT2D eigenvalue weighted by Gasteiger charge is 2.54. The van der Waals surface area contributed by atoms with Crippen LogP contribution in [0.25, 0.3) is 0 Å². The summed E-state index contributed by atoms with van der Waals surface area (Å²) in [6.07, 6.45) is 0.684. The highest BCUT2D eigenvalue weighted by atomic mass is 28.3. The first-order chi connectivity index (χ1) is 7.19. The monoisotopic (exact) mass is 244 g/mol. The summed E-state index contributed by atoms with van der Waals surface area (Å²) >= 11 is 0. The molecule has 92 valence electrons. The van der Waals surface area contributed by atoms with Crippen molar-refractivity contribution in [2.45, 2.75) is 52.3 Å². The predicted octanol–water partition coefficient (Wildman–Crippen LogP) is 1.63. The summed E-state index contributed by atoms with van der Waals surface area (Å²) in [6.45, 7) is 9.86. The molecule has 1 atom stereocenters. The molecule has 0 bridgehead atoms. The summed E-state index contributed by atoms with van der Waals surface area (Å²) < 4.78 is 10.7. The van der Waals surface area contributed by atoms with Gasteiger partial charge in [-0.3, -0.25) is 4.79 Å². The first-order valence-electron chi connectivity index (χ1n) is 5.62. The molecule has 1 aliphatic heterocycles. The van der Waals surface area contributed by atoms with E-state index in [0.29, 0.717) is 6.42 Å². The van der Waals surface area contributed by atoms with Crippen molar-refractivity contribution in [3.8, 4) is 0 Å². The lowest BCUT2D eigenvalue weighted by atomic mass is 9.73. The number of carbonyl (C=O) groups excluding carboxylic acids is 2. The van der Waals surface area contributed by atoms with Crippen LogP contribution >= 0.6 is 0 Å². The van der Waals surface area contributed by atoms with Crippen molar-refractivity contribution in [3.05, 3.63) is 0 Å². The Hall–Kier alpha value is -0.683. The molecule has 0 N–H and O–H groups in total. The van der Waals surface area contributed by atoms with Gasteiger partial charge in [0.25, 0.3) is 0 Å². The van der Waals surface area contributed by atoms with E-state index in [-0.39, 0.29) is 11.8 Å². The lowest BCUT2D eigenvalue weighted by Gasteiger charge is -2.45. The number of carbonyl (C=O) groups is 2. The second-order valence-corrected chi connectivity index (χ2v) is 7.84. The largest absolute Gasteiger partial charge is 0.405 e. The van der Waals surface area contributed by atoms with E-state index < -0.39 is 26.6 Å². The van der Waals surface area contributed by atoms with Gasteiger partial charge in [-0.25, -0.2) is 4.79 Å².